The van der Waals surface area contributed by atoms with Crippen LogP contribution in [0.3, 0.4) is 0 Å². The van der Waals surface area contributed by atoms with E-state index in [4.69, 9.17) is 9.47 Å². The van der Waals surface area contributed by atoms with E-state index in [2.05, 4.69) is 4.99 Å². The maximum atomic E-state index is 13.9. The summed E-state index contributed by atoms with van der Waals surface area (Å²) in [6, 6.07) is 15.1. The van der Waals surface area contributed by atoms with Crippen molar-refractivity contribution in [3.63, 3.8) is 0 Å². The van der Waals surface area contributed by atoms with Crippen LogP contribution in [0.5, 0.6) is 0 Å². The molecule has 0 bridgehead atoms. The van der Waals surface area contributed by atoms with Gasteiger partial charge in [0.1, 0.15) is 0 Å². The van der Waals surface area contributed by atoms with E-state index < -0.39 is 36.5 Å². The second-order valence-electron chi connectivity index (χ2n) is 6.56. The zero-order chi connectivity index (χ0) is 22.9. The summed E-state index contributed by atoms with van der Waals surface area (Å²) in [5, 5.41) is 0. The first-order chi connectivity index (χ1) is 14.8. The summed E-state index contributed by atoms with van der Waals surface area (Å²) in [5.41, 5.74) is 1.25. The van der Waals surface area contributed by atoms with E-state index >= 15 is 0 Å². The van der Waals surface area contributed by atoms with Crippen LogP contribution in [-0.4, -0.2) is 43.1 Å². The van der Waals surface area contributed by atoms with Crippen molar-refractivity contribution in [3.8, 4) is 0 Å². The summed E-state index contributed by atoms with van der Waals surface area (Å²) in [7, 11) is 0. The number of hydrogen-bond acceptors (Lipinski definition) is 5. The average molecular weight is 435 g/mol. The third-order valence-electron chi connectivity index (χ3n) is 4.38. The topological polar surface area (TPSA) is 65.0 Å². The van der Waals surface area contributed by atoms with Gasteiger partial charge in [0.25, 0.3) is 0 Å². The van der Waals surface area contributed by atoms with E-state index in [0.717, 1.165) is 0 Å². The largest absolute Gasteiger partial charge is 0.466 e. The molecule has 0 spiro atoms. The average Bonchev–Trinajstić information content (AvgIpc) is 2.74. The fraction of sp³-hybridized carbons (Fsp3) is 0.348. The van der Waals surface area contributed by atoms with Crippen LogP contribution in [0, 0.1) is 5.92 Å². The highest BCUT2D eigenvalue weighted by Crippen LogP contribution is 2.34. The molecule has 2 atom stereocenters. The molecule has 0 saturated heterocycles. The molecule has 0 radical (unpaired) electrons. The molecule has 0 aliphatic rings. The van der Waals surface area contributed by atoms with Crippen LogP contribution < -0.4 is 0 Å². The Labute approximate surface area is 178 Å². The Morgan fingerprint density at radius 2 is 1.35 bits per heavy atom. The second-order valence-corrected chi connectivity index (χ2v) is 6.56. The Morgan fingerprint density at radius 3 is 1.77 bits per heavy atom. The predicted octanol–water partition coefficient (Wildman–Crippen LogP) is 4.59. The number of halogens is 3. The zero-order valence-corrected chi connectivity index (χ0v) is 17.3. The fourth-order valence-electron chi connectivity index (χ4n) is 2.99. The molecule has 0 amide bonds. The number of ether oxygens (including phenoxy) is 2. The normalized spacial score (nSPS) is 13.1. The summed E-state index contributed by atoms with van der Waals surface area (Å²) >= 11 is 0. The molecule has 8 heteroatoms. The molecular weight excluding hydrogens is 411 g/mol. The molecule has 2 aromatic carbocycles. The van der Waals surface area contributed by atoms with Gasteiger partial charge >= 0.3 is 18.1 Å². The van der Waals surface area contributed by atoms with Gasteiger partial charge in [-0.05, 0) is 13.8 Å². The number of esters is 2. The van der Waals surface area contributed by atoms with Crippen molar-refractivity contribution in [2.24, 2.45) is 10.9 Å². The van der Waals surface area contributed by atoms with Crippen molar-refractivity contribution in [2.45, 2.75) is 32.5 Å². The van der Waals surface area contributed by atoms with Crippen molar-refractivity contribution in [3.05, 3.63) is 71.8 Å². The van der Waals surface area contributed by atoms with Crippen molar-refractivity contribution in [1.29, 1.82) is 0 Å². The third-order valence-corrected chi connectivity index (χ3v) is 4.38. The minimum atomic E-state index is -4.88. The van der Waals surface area contributed by atoms with E-state index in [0.29, 0.717) is 11.1 Å². The lowest BCUT2D eigenvalue weighted by Crippen LogP contribution is -2.41. The predicted molar refractivity (Wildman–Crippen MR) is 110 cm³/mol. The van der Waals surface area contributed by atoms with Crippen LogP contribution >= 0.6 is 0 Å². The molecule has 0 aliphatic carbocycles. The number of hydrogen-bond donors (Lipinski definition) is 0. The quantitative estimate of drug-likeness (QED) is 0.427. The highest BCUT2D eigenvalue weighted by atomic mass is 19.4. The number of benzene rings is 2. The Kier molecular flexibility index (Phi) is 8.78. The van der Waals surface area contributed by atoms with Gasteiger partial charge in [0.15, 0.2) is 6.04 Å². The molecule has 166 valence electrons. The zero-order valence-electron chi connectivity index (χ0n) is 17.3. The molecule has 31 heavy (non-hydrogen) atoms. The van der Waals surface area contributed by atoms with Crippen LogP contribution in [0.4, 0.5) is 13.2 Å². The summed E-state index contributed by atoms with van der Waals surface area (Å²) < 4.78 is 51.4. The fourth-order valence-corrected chi connectivity index (χ4v) is 2.99. The summed E-state index contributed by atoms with van der Waals surface area (Å²) in [6.45, 7) is 2.78. The van der Waals surface area contributed by atoms with E-state index in [1.165, 1.54) is 13.8 Å². The first-order valence-corrected chi connectivity index (χ1v) is 9.85. The maximum Gasteiger partial charge on any atom is 0.395 e. The highest BCUT2D eigenvalue weighted by Gasteiger charge is 2.49. The Morgan fingerprint density at radius 1 is 0.871 bits per heavy atom. The Hall–Kier alpha value is -3.16. The minimum absolute atomic E-state index is 0.0734. The first-order valence-electron chi connectivity index (χ1n) is 9.85. The van der Waals surface area contributed by atoms with Crippen molar-refractivity contribution >= 4 is 17.7 Å². The lowest BCUT2D eigenvalue weighted by molar-refractivity contribution is -0.194. The third kappa shape index (κ3) is 6.94. The van der Waals surface area contributed by atoms with Gasteiger partial charge in [0, 0.05) is 11.1 Å². The monoisotopic (exact) mass is 435 g/mol. The van der Waals surface area contributed by atoms with Gasteiger partial charge in [-0.1, -0.05) is 60.7 Å². The van der Waals surface area contributed by atoms with Crippen LogP contribution in [-0.2, 0) is 19.1 Å². The van der Waals surface area contributed by atoms with Crippen LogP contribution in [0.25, 0.3) is 0 Å². The van der Waals surface area contributed by atoms with E-state index in [1.54, 1.807) is 60.7 Å². The molecule has 0 aliphatic heterocycles. The van der Waals surface area contributed by atoms with Crippen molar-refractivity contribution < 1.29 is 32.2 Å². The van der Waals surface area contributed by atoms with Gasteiger partial charge in [0.2, 0.25) is 0 Å². The van der Waals surface area contributed by atoms with Crippen molar-refractivity contribution in [1.82, 2.24) is 0 Å². The number of rotatable bonds is 9. The Balaban J connectivity index is 2.63. The lowest BCUT2D eigenvalue weighted by atomic mass is 9.94. The molecular formula is C23H24F3NO4. The molecule has 0 saturated carbocycles. The summed E-state index contributed by atoms with van der Waals surface area (Å²) in [6.07, 6.45) is -5.92. The molecule has 0 heterocycles. The van der Waals surface area contributed by atoms with E-state index in [1.807, 2.05) is 0 Å². The number of nitrogens with zero attached hydrogens (tertiary/aromatic N) is 1. The van der Waals surface area contributed by atoms with Crippen molar-refractivity contribution in [2.75, 3.05) is 13.2 Å². The number of carbonyl (C=O) groups is 2. The van der Waals surface area contributed by atoms with Gasteiger partial charge in [-0.2, -0.15) is 13.2 Å². The summed E-state index contributed by atoms with van der Waals surface area (Å²) in [5.74, 6) is -4.61. The summed E-state index contributed by atoms with van der Waals surface area (Å²) in [4.78, 5) is 28.7. The van der Waals surface area contributed by atoms with Gasteiger partial charge in [-0.15, -0.1) is 0 Å². The molecule has 2 rings (SSSR count). The number of alkyl halides is 3. The van der Waals surface area contributed by atoms with Gasteiger partial charge in [0.05, 0.1) is 31.3 Å². The molecule has 0 fully saturated rings. The van der Waals surface area contributed by atoms with Crippen LogP contribution in [0.15, 0.2) is 65.7 Å². The molecule has 0 aromatic heterocycles. The Bertz CT molecular complexity index is 841. The lowest BCUT2D eigenvalue weighted by Gasteiger charge is -2.25. The number of aliphatic imine (C=N–C) groups is 1. The van der Waals surface area contributed by atoms with Gasteiger partial charge in [-0.3, -0.25) is 9.79 Å². The van der Waals surface area contributed by atoms with Gasteiger partial charge < -0.3 is 9.47 Å². The number of carbonyl (C=O) groups excluding carboxylic acids is 2. The molecule has 5 nitrogen and oxygen atoms in total. The second kappa shape index (κ2) is 11.3. The smallest absolute Gasteiger partial charge is 0.395 e. The maximum absolute atomic E-state index is 13.9. The molecule has 2 aromatic rings. The standard InChI is InChI=1S/C23H24F3NO4/c1-3-30-19(28)15-18(23(24,25)26)21(22(29)31-4-2)27-20(16-11-7-5-8-12-16)17-13-9-6-10-14-17/h5-14,18,21H,3-4,15H2,1-2H3/t18-,21+/m1/s1. The SMILES string of the molecule is CCOC(=O)C[C@H]([C@H](N=C(c1ccccc1)c1ccccc1)C(=O)OCC)C(F)(F)F. The van der Waals surface area contributed by atoms with Gasteiger partial charge in [-0.25, -0.2) is 4.79 Å². The highest BCUT2D eigenvalue weighted by molar-refractivity contribution is 6.13. The van der Waals surface area contributed by atoms with Crippen LogP contribution in [0.2, 0.25) is 0 Å². The minimum Gasteiger partial charge on any atom is -0.466 e. The molecule has 0 N–H and O–H groups in total. The van der Waals surface area contributed by atoms with E-state index in [9.17, 15) is 22.8 Å². The first kappa shape index (κ1) is 24.1. The van der Waals surface area contributed by atoms with E-state index in [-0.39, 0.29) is 18.9 Å². The van der Waals surface area contributed by atoms with Crippen LogP contribution in [0.1, 0.15) is 31.4 Å². The molecule has 0 unspecified atom stereocenters.